The van der Waals surface area contributed by atoms with E-state index >= 15 is 0 Å². The van der Waals surface area contributed by atoms with Crippen LogP contribution in [0.3, 0.4) is 0 Å². The van der Waals surface area contributed by atoms with Gasteiger partial charge >= 0.3 is 0 Å². The van der Waals surface area contributed by atoms with Crippen molar-refractivity contribution in [2.45, 2.75) is 25.8 Å². The van der Waals surface area contributed by atoms with Gasteiger partial charge in [-0.25, -0.2) is 4.98 Å². The monoisotopic (exact) mass is 316 g/mol. The van der Waals surface area contributed by atoms with Crippen LogP contribution in [-0.2, 0) is 4.74 Å². The van der Waals surface area contributed by atoms with Crippen molar-refractivity contribution in [3.63, 3.8) is 0 Å². The molecule has 118 valence electrons. The molecule has 4 heteroatoms. The van der Waals surface area contributed by atoms with Crippen LogP contribution in [0.1, 0.15) is 16.7 Å². The number of aromatic nitrogens is 1. The second kappa shape index (κ2) is 6.99. The summed E-state index contributed by atoms with van der Waals surface area (Å²) in [7, 11) is 0. The maximum absolute atomic E-state index is 5.39. The van der Waals surface area contributed by atoms with Crippen LogP contribution < -0.4 is 0 Å². The van der Waals surface area contributed by atoms with Crippen molar-refractivity contribution >= 4 is 22.7 Å². The Labute approximate surface area is 137 Å². The molecule has 3 rings (SSSR count). The number of benzene rings is 1. The Kier molecular flexibility index (Phi) is 5.01. The van der Waals surface area contributed by atoms with Crippen LogP contribution in [0.4, 0.5) is 0 Å². The van der Waals surface area contributed by atoms with E-state index in [2.05, 4.69) is 43.9 Å². The smallest absolute Gasteiger partial charge is 0.0997 e. The van der Waals surface area contributed by atoms with E-state index in [4.69, 9.17) is 9.72 Å². The van der Waals surface area contributed by atoms with Gasteiger partial charge in [0.25, 0.3) is 0 Å². The highest BCUT2D eigenvalue weighted by Crippen LogP contribution is 2.27. The molecule has 3 nitrogen and oxygen atoms in total. The van der Waals surface area contributed by atoms with Crippen LogP contribution in [0, 0.1) is 20.8 Å². The van der Waals surface area contributed by atoms with E-state index in [0.717, 1.165) is 44.1 Å². The number of aryl methyl sites for hydroxylation is 3. The Bertz CT molecular complexity index is 666. The number of pyridine rings is 1. The summed E-state index contributed by atoms with van der Waals surface area (Å²) in [6.45, 7) is 11.4. The predicted molar refractivity (Wildman–Crippen MR) is 93.9 cm³/mol. The zero-order chi connectivity index (χ0) is 15.5. The number of rotatable bonds is 4. The number of hydrogen-bond acceptors (Lipinski definition) is 4. The summed E-state index contributed by atoms with van der Waals surface area (Å²) in [5, 5.41) is 2.45. The maximum Gasteiger partial charge on any atom is 0.0997 e. The molecule has 0 bridgehead atoms. The lowest BCUT2D eigenvalue weighted by Gasteiger charge is -2.26. The van der Waals surface area contributed by atoms with Gasteiger partial charge in [0.1, 0.15) is 0 Å². The Hall–Kier alpha value is -1.10. The van der Waals surface area contributed by atoms with Crippen molar-refractivity contribution < 1.29 is 4.74 Å². The molecule has 2 aromatic rings. The molecule has 1 saturated heterocycles. The third kappa shape index (κ3) is 3.62. The number of fused-ring (bicyclic) bond motifs is 1. The summed E-state index contributed by atoms with van der Waals surface area (Å²) >= 11 is 1.87. The topological polar surface area (TPSA) is 25.4 Å². The molecule has 0 spiro atoms. The highest BCUT2D eigenvalue weighted by molar-refractivity contribution is 7.99. The first-order valence-electron chi connectivity index (χ1n) is 7.95. The first kappa shape index (κ1) is 15.8. The largest absolute Gasteiger partial charge is 0.379 e. The second-order valence-electron chi connectivity index (χ2n) is 6.06. The molecule has 0 aliphatic carbocycles. The van der Waals surface area contributed by atoms with E-state index in [9.17, 15) is 0 Å². The summed E-state index contributed by atoms with van der Waals surface area (Å²) in [5.41, 5.74) is 5.00. The average Bonchev–Trinajstić information content (AvgIpc) is 2.50. The average molecular weight is 316 g/mol. The van der Waals surface area contributed by atoms with Gasteiger partial charge in [-0.1, -0.05) is 6.07 Å². The predicted octanol–water partition coefficient (Wildman–Crippen LogP) is 3.58. The van der Waals surface area contributed by atoms with Gasteiger partial charge in [-0.15, -0.1) is 11.8 Å². The lowest BCUT2D eigenvalue weighted by molar-refractivity contribution is 0.0410. The van der Waals surface area contributed by atoms with Crippen molar-refractivity contribution in [2.75, 3.05) is 38.6 Å². The second-order valence-corrected chi connectivity index (χ2v) is 7.15. The number of thioether (sulfide) groups is 1. The molecule has 1 aliphatic heterocycles. The number of nitrogens with zero attached hydrogens (tertiary/aromatic N) is 2. The van der Waals surface area contributed by atoms with Crippen LogP contribution in [-0.4, -0.2) is 48.5 Å². The normalized spacial score (nSPS) is 16.3. The molecule has 0 radical (unpaired) electrons. The van der Waals surface area contributed by atoms with Gasteiger partial charge in [0.05, 0.1) is 23.8 Å². The van der Waals surface area contributed by atoms with Crippen molar-refractivity contribution in [2.24, 2.45) is 0 Å². The molecule has 0 unspecified atom stereocenters. The van der Waals surface area contributed by atoms with Crippen molar-refractivity contribution in [3.05, 3.63) is 34.9 Å². The number of morpholine rings is 1. The van der Waals surface area contributed by atoms with Gasteiger partial charge in [0.2, 0.25) is 0 Å². The molecule has 0 atom stereocenters. The lowest BCUT2D eigenvalue weighted by Crippen LogP contribution is -2.37. The molecule has 0 saturated carbocycles. The molecule has 22 heavy (non-hydrogen) atoms. The highest BCUT2D eigenvalue weighted by Gasteiger charge is 2.11. The van der Waals surface area contributed by atoms with Crippen LogP contribution in [0.2, 0.25) is 0 Å². The zero-order valence-corrected chi connectivity index (χ0v) is 14.5. The van der Waals surface area contributed by atoms with Gasteiger partial charge in [-0.2, -0.15) is 0 Å². The van der Waals surface area contributed by atoms with Crippen LogP contribution in [0.15, 0.2) is 23.2 Å². The van der Waals surface area contributed by atoms with E-state index < -0.39 is 0 Å². The van der Waals surface area contributed by atoms with E-state index in [1.165, 1.54) is 27.1 Å². The first-order valence-corrected chi connectivity index (χ1v) is 8.93. The van der Waals surface area contributed by atoms with E-state index in [1.807, 2.05) is 11.8 Å². The summed E-state index contributed by atoms with van der Waals surface area (Å²) in [6, 6.07) is 6.71. The Morgan fingerprint density at radius 1 is 1.09 bits per heavy atom. The van der Waals surface area contributed by atoms with Gasteiger partial charge in [-0.05, 0) is 49.6 Å². The minimum absolute atomic E-state index is 0.872. The van der Waals surface area contributed by atoms with Crippen molar-refractivity contribution in [3.8, 4) is 0 Å². The third-order valence-corrected chi connectivity index (χ3v) is 5.25. The molecule has 1 aromatic heterocycles. The van der Waals surface area contributed by atoms with Gasteiger partial charge < -0.3 is 4.74 Å². The molecule has 2 heterocycles. The fraction of sp³-hybridized carbons (Fsp3) is 0.500. The number of ether oxygens (including phenoxy) is 1. The van der Waals surface area contributed by atoms with Gasteiger partial charge in [-0.3, -0.25) is 4.90 Å². The van der Waals surface area contributed by atoms with E-state index in [0.29, 0.717) is 0 Å². The van der Waals surface area contributed by atoms with Gasteiger partial charge in [0.15, 0.2) is 0 Å². The molecule has 0 amide bonds. The molecule has 1 aliphatic rings. The van der Waals surface area contributed by atoms with E-state index in [1.54, 1.807) is 0 Å². The quantitative estimate of drug-likeness (QED) is 0.805. The van der Waals surface area contributed by atoms with Crippen LogP contribution >= 0.6 is 11.8 Å². The molecular formula is C18H24N2OS. The van der Waals surface area contributed by atoms with Crippen molar-refractivity contribution in [1.82, 2.24) is 9.88 Å². The molecule has 0 N–H and O–H groups in total. The van der Waals surface area contributed by atoms with Crippen molar-refractivity contribution in [1.29, 1.82) is 0 Å². The first-order chi connectivity index (χ1) is 10.6. The molecule has 1 aromatic carbocycles. The summed E-state index contributed by atoms with van der Waals surface area (Å²) in [4.78, 5) is 7.37. The fourth-order valence-electron chi connectivity index (χ4n) is 2.95. The Balaban J connectivity index is 1.71. The number of hydrogen-bond donors (Lipinski definition) is 0. The third-order valence-electron chi connectivity index (χ3n) is 4.18. The Morgan fingerprint density at radius 3 is 2.64 bits per heavy atom. The van der Waals surface area contributed by atoms with Crippen LogP contribution in [0.25, 0.3) is 10.9 Å². The summed E-state index contributed by atoms with van der Waals surface area (Å²) in [5.74, 6) is 1.09. The highest BCUT2D eigenvalue weighted by atomic mass is 32.2. The molecular weight excluding hydrogens is 292 g/mol. The van der Waals surface area contributed by atoms with Crippen LogP contribution in [0.5, 0.6) is 0 Å². The standard InChI is InChI=1S/C18H24N2OS/c1-13-10-14(2)16-12-15(3)18(19-17(16)11-13)22-9-6-20-4-7-21-8-5-20/h10-12H,4-9H2,1-3H3. The SMILES string of the molecule is Cc1cc(C)c2cc(C)c(SCCN3CCOCC3)nc2c1. The van der Waals surface area contributed by atoms with E-state index in [-0.39, 0.29) is 0 Å². The minimum Gasteiger partial charge on any atom is -0.379 e. The molecule has 1 fully saturated rings. The van der Waals surface area contributed by atoms with Gasteiger partial charge in [0, 0.05) is 30.8 Å². The minimum atomic E-state index is 0.872. The fourth-order valence-corrected chi connectivity index (χ4v) is 3.95. The maximum atomic E-state index is 5.39. The summed E-state index contributed by atoms with van der Waals surface area (Å²) < 4.78 is 5.39. The lowest BCUT2D eigenvalue weighted by atomic mass is 10.1. The summed E-state index contributed by atoms with van der Waals surface area (Å²) in [6.07, 6.45) is 0. The Morgan fingerprint density at radius 2 is 1.86 bits per heavy atom. The zero-order valence-electron chi connectivity index (χ0n) is 13.7.